The van der Waals surface area contributed by atoms with Crippen molar-refractivity contribution in [3.05, 3.63) is 0 Å². The Morgan fingerprint density at radius 2 is 0.917 bits per heavy atom. The van der Waals surface area contributed by atoms with Crippen molar-refractivity contribution in [1.29, 1.82) is 0 Å². The summed E-state index contributed by atoms with van der Waals surface area (Å²) in [5, 5.41) is 2.37. The summed E-state index contributed by atoms with van der Waals surface area (Å²) in [5.74, 6) is 0. The lowest BCUT2D eigenvalue weighted by Crippen LogP contribution is -2.22. The molecule has 0 aliphatic carbocycles. The highest BCUT2D eigenvalue weighted by molar-refractivity contribution is 8.62. The molecule has 2 saturated heterocycles. The van der Waals surface area contributed by atoms with Crippen molar-refractivity contribution in [3.8, 4) is 0 Å². The summed E-state index contributed by atoms with van der Waals surface area (Å²) >= 11 is 0. The molecule has 0 atom stereocenters. The quantitative estimate of drug-likeness (QED) is 0.502. The van der Waals surface area contributed by atoms with Gasteiger partial charge in [-0.25, -0.2) is 0 Å². The van der Waals surface area contributed by atoms with Gasteiger partial charge in [-0.05, 0) is 10.8 Å². The van der Waals surface area contributed by atoms with Crippen LogP contribution in [0, 0.1) is 10.8 Å². The van der Waals surface area contributed by atoms with Crippen LogP contribution in [0.5, 0.6) is 0 Å². The van der Waals surface area contributed by atoms with Crippen LogP contribution >= 0.6 is 15.2 Å². The van der Waals surface area contributed by atoms with Crippen LogP contribution < -0.4 is 0 Å². The van der Waals surface area contributed by atoms with Gasteiger partial charge in [-0.1, -0.05) is 56.8 Å². The second kappa shape index (κ2) is 2.26. The number of hydrogen-bond acceptors (Lipinski definition) is 0. The maximum absolute atomic E-state index is 2.42. The van der Waals surface area contributed by atoms with Gasteiger partial charge >= 0.3 is 0 Å². The molecule has 0 unspecified atom stereocenters. The van der Waals surface area contributed by atoms with E-state index in [2.05, 4.69) is 41.5 Å². The Bertz CT molecular complexity index is 177. The van der Waals surface area contributed by atoms with Gasteiger partial charge in [0.25, 0.3) is 0 Å². The molecule has 12 heavy (non-hydrogen) atoms. The first kappa shape index (κ1) is 9.42. The van der Waals surface area contributed by atoms with Crippen LogP contribution in [0.4, 0.5) is 0 Å². The van der Waals surface area contributed by atoms with Crippen molar-refractivity contribution in [3.63, 3.8) is 0 Å². The molecule has 0 aromatic carbocycles. The van der Waals surface area contributed by atoms with E-state index in [1.54, 1.807) is 0 Å². The monoisotopic (exact) mass is 202 g/mol. The van der Waals surface area contributed by atoms with Gasteiger partial charge in [0.15, 0.2) is 0 Å². The highest BCUT2D eigenvalue weighted by Gasteiger charge is 2.77. The molecule has 2 fully saturated rings. The summed E-state index contributed by atoms with van der Waals surface area (Å²) in [6.07, 6.45) is 0. The molecular formula is C10H20P2. The Labute approximate surface area is 78.9 Å². The van der Waals surface area contributed by atoms with E-state index in [0.717, 1.165) is 0 Å². The molecule has 0 saturated carbocycles. The zero-order valence-electron chi connectivity index (χ0n) is 9.05. The molecule has 2 aliphatic rings. The second-order valence-corrected chi connectivity index (χ2v) is 13.4. The molecule has 2 heterocycles. The maximum Gasteiger partial charge on any atom is 0.0133 e. The molecule has 2 rings (SSSR count). The predicted octanol–water partition coefficient (Wildman–Crippen LogP) is 4.64. The van der Waals surface area contributed by atoms with Gasteiger partial charge in [0, 0.05) is 10.8 Å². The molecular weight excluding hydrogens is 182 g/mol. The summed E-state index contributed by atoms with van der Waals surface area (Å²) in [6.45, 7) is 14.5. The van der Waals surface area contributed by atoms with Gasteiger partial charge in [-0.15, -0.1) is 0 Å². The number of fused-ring (bicyclic) bond motifs is 1. The fourth-order valence-corrected chi connectivity index (χ4v) is 16.0. The summed E-state index contributed by atoms with van der Waals surface area (Å²) in [7, 11) is 1.12. The lowest BCUT2D eigenvalue weighted by Gasteiger charge is -2.30. The van der Waals surface area contributed by atoms with Gasteiger partial charge in [0.1, 0.15) is 0 Å². The Morgan fingerprint density at radius 3 is 1.08 bits per heavy atom. The molecule has 0 spiro atoms. The molecule has 0 amide bonds. The van der Waals surface area contributed by atoms with Gasteiger partial charge in [-0.3, -0.25) is 0 Å². The third kappa shape index (κ3) is 1.27. The molecule has 2 aliphatic heterocycles. The van der Waals surface area contributed by atoms with Gasteiger partial charge in [0.2, 0.25) is 0 Å². The van der Waals surface area contributed by atoms with Crippen LogP contribution in [-0.4, -0.2) is 10.8 Å². The van der Waals surface area contributed by atoms with E-state index >= 15 is 0 Å². The molecule has 0 N–H and O–H groups in total. The lowest BCUT2D eigenvalue weighted by molar-refractivity contribution is 0.427. The SMILES string of the molecule is CC(C)(C)C1P2C(C(C)(C)C)P12. The van der Waals surface area contributed by atoms with Crippen molar-refractivity contribution < 1.29 is 0 Å². The van der Waals surface area contributed by atoms with Crippen molar-refractivity contribution >= 4 is 15.2 Å². The largest absolute Gasteiger partial charge is 0.0628 e. The normalized spacial score (nSPS) is 45.5. The lowest BCUT2D eigenvalue weighted by atomic mass is 9.99. The number of rotatable bonds is 0. The Kier molecular flexibility index (Phi) is 1.78. The zero-order valence-corrected chi connectivity index (χ0v) is 10.8. The molecule has 70 valence electrons. The molecule has 0 aromatic heterocycles. The van der Waals surface area contributed by atoms with Gasteiger partial charge in [-0.2, -0.15) is 0 Å². The van der Waals surface area contributed by atoms with Crippen molar-refractivity contribution in [2.45, 2.75) is 52.3 Å². The van der Waals surface area contributed by atoms with Crippen LogP contribution in [0.3, 0.4) is 0 Å². The van der Waals surface area contributed by atoms with Crippen LogP contribution in [0.25, 0.3) is 0 Å². The van der Waals surface area contributed by atoms with E-state index < -0.39 is 0 Å². The Hall–Kier alpha value is 0.860. The molecule has 0 radical (unpaired) electrons. The van der Waals surface area contributed by atoms with E-state index in [1.807, 2.05) is 0 Å². The predicted molar refractivity (Wildman–Crippen MR) is 60.3 cm³/mol. The minimum atomic E-state index is 0.558. The summed E-state index contributed by atoms with van der Waals surface area (Å²) in [4.78, 5) is 0. The topological polar surface area (TPSA) is 0 Å². The fourth-order valence-electron chi connectivity index (χ4n) is 2.18. The summed E-state index contributed by atoms with van der Waals surface area (Å²) in [5.41, 5.74) is 1.28. The third-order valence-electron chi connectivity index (χ3n) is 2.71. The average molecular weight is 202 g/mol. The minimum Gasteiger partial charge on any atom is -0.0628 e. The van der Waals surface area contributed by atoms with E-state index in [1.165, 1.54) is 10.8 Å². The highest BCUT2D eigenvalue weighted by Crippen LogP contribution is 3.21. The van der Waals surface area contributed by atoms with Crippen molar-refractivity contribution in [1.82, 2.24) is 0 Å². The van der Waals surface area contributed by atoms with Gasteiger partial charge < -0.3 is 0 Å². The van der Waals surface area contributed by atoms with Crippen LogP contribution in [0.1, 0.15) is 41.5 Å². The van der Waals surface area contributed by atoms with E-state index in [0.29, 0.717) is 26.1 Å². The van der Waals surface area contributed by atoms with Crippen LogP contribution in [0.2, 0.25) is 0 Å². The van der Waals surface area contributed by atoms with E-state index in [4.69, 9.17) is 0 Å². The maximum atomic E-state index is 2.42. The summed E-state index contributed by atoms with van der Waals surface area (Å²) < 4.78 is 0. The summed E-state index contributed by atoms with van der Waals surface area (Å²) in [6, 6.07) is 0. The Balaban J connectivity index is 1.91. The van der Waals surface area contributed by atoms with Crippen molar-refractivity contribution in [2.24, 2.45) is 10.8 Å². The van der Waals surface area contributed by atoms with Crippen molar-refractivity contribution in [2.75, 3.05) is 0 Å². The van der Waals surface area contributed by atoms with E-state index in [9.17, 15) is 0 Å². The van der Waals surface area contributed by atoms with Crippen LogP contribution in [-0.2, 0) is 0 Å². The Morgan fingerprint density at radius 1 is 0.667 bits per heavy atom. The fraction of sp³-hybridized carbons (Fsp3) is 1.00. The molecule has 0 aromatic rings. The standard InChI is InChI=1S/C10H20P2/c1-9(2,3)7-11-8(12(7)11)10(4,5)6/h7-8H,1-6H3. The average Bonchev–Trinajstić information content (AvgIpc) is 2.29. The van der Waals surface area contributed by atoms with Gasteiger partial charge in [0.05, 0.1) is 0 Å². The molecule has 0 nitrogen and oxygen atoms in total. The zero-order chi connectivity index (χ0) is 9.31. The second-order valence-electron chi connectivity index (χ2n) is 6.24. The smallest absolute Gasteiger partial charge is 0.0133 e. The highest BCUT2D eigenvalue weighted by atomic mass is 32.2. The first-order valence-corrected chi connectivity index (χ1v) is 8.48. The molecule has 0 bridgehead atoms. The first-order valence-electron chi connectivity index (χ1n) is 4.81. The number of hydrogen-bond donors (Lipinski definition) is 0. The first-order chi connectivity index (χ1) is 5.24. The van der Waals surface area contributed by atoms with E-state index in [-0.39, 0.29) is 0 Å². The minimum absolute atomic E-state index is 0.558. The molecule has 2 heteroatoms. The van der Waals surface area contributed by atoms with Crippen LogP contribution in [0.15, 0.2) is 0 Å². The third-order valence-corrected chi connectivity index (χ3v) is 13.3.